The molecule has 3 aromatic rings. The highest BCUT2D eigenvalue weighted by atomic mass is 35.5. The molecule has 1 nitrogen and oxygen atoms in total. The van der Waals surface area contributed by atoms with Crippen molar-refractivity contribution in [3.8, 4) is 11.3 Å². The monoisotopic (exact) mass is 307 g/mol. The summed E-state index contributed by atoms with van der Waals surface area (Å²) in [6.07, 6.45) is -4.34. The maximum Gasteiger partial charge on any atom is 0.416 e. The molecule has 0 amide bonds. The van der Waals surface area contributed by atoms with Crippen molar-refractivity contribution < 1.29 is 13.2 Å². The Morgan fingerprint density at radius 2 is 1.57 bits per heavy atom. The molecule has 1 aromatic heterocycles. The number of hydrogen-bond acceptors (Lipinski definition) is 1. The maximum absolute atomic E-state index is 12.6. The Morgan fingerprint density at radius 3 is 2.24 bits per heavy atom. The standard InChI is InChI=1S/C16H9ClF3N/c17-15-13-4-2-1-3-11(13)9-14(21-15)10-5-7-12(8-6-10)16(18,19)20/h1-9H. The van der Waals surface area contributed by atoms with Gasteiger partial charge in [-0.05, 0) is 23.6 Å². The minimum Gasteiger partial charge on any atom is -0.235 e. The quantitative estimate of drug-likeness (QED) is 0.535. The first kappa shape index (κ1) is 13.9. The lowest BCUT2D eigenvalue weighted by molar-refractivity contribution is -0.137. The molecule has 0 fully saturated rings. The molecule has 2 aromatic carbocycles. The molecule has 5 heteroatoms. The Balaban J connectivity index is 2.08. The third-order valence-corrected chi connectivity index (χ3v) is 3.49. The lowest BCUT2D eigenvalue weighted by atomic mass is 10.1. The summed E-state index contributed by atoms with van der Waals surface area (Å²) in [5.74, 6) is 0. The first-order valence-electron chi connectivity index (χ1n) is 6.18. The van der Waals surface area contributed by atoms with Gasteiger partial charge in [0.1, 0.15) is 5.15 Å². The SMILES string of the molecule is FC(F)(F)c1ccc(-c2cc3ccccc3c(Cl)n2)cc1. The summed E-state index contributed by atoms with van der Waals surface area (Å²) in [5, 5.41) is 2.05. The summed E-state index contributed by atoms with van der Waals surface area (Å²) in [5.41, 5.74) is 0.459. The average molecular weight is 308 g/mol. The third-order valence-electron chi connectivity index (χ3n) is 3.20. The fraction of sp³-hybridized carbons (Fsp3) is 0.0625. The van der Waals surface area contributed by atoms with Gasteiger partial charge < -0.3 is 0 Å². The summed E-state index contributed by atoms with van der Waals surface area (Å²) >= 11 is 6.12. The van der Waals surface area contributed by atoms with E-state index in [4.69, 9.17) is 11.6 Å². The number of rotatable bonds is 1. The Hall–Kier alpha value is -2.07. The average Bonchev–Trinajstić information content (AvgIpc) is 2.46. The molecule has 0 aliphatic heterocycles. The van der Waals surface area contributed by atoms with Crippen molar-refractivity contribution in [1.29, 1.82) is 0 Å². The molecule has 1 heterocycles. The first-order chi connectivity index (χ1) is 9.95. The molecule has 0 atom stereocenters. The predicted octanol–water partition coefficient (Wildman–Crippen LogP) is 5.57. The number of pyridine rings is 1. The van der Waals surface area contributed by atoms with Gasteiger partial charge in [-0.3, -0.25) is 0 Å². The van der Waals surface area contributed by atoms with Crippen LogP contribution in [0.2, 0.25) is 5.15 Å². The lowest BCUT2D eigenvalue weighted by Crippen LogP contribution is -2.04. The van der Waals surface area contributed by atoms with Gasteiger partial charge in [-0.2, -0.15) is 13.2 Å². The van der Waals surface area contributed by atoms with E-state index >= 15 is 0 Å². The highest BCUT2D eigenvalue weighted by Gasteiger charge is 2.30. The molecule has 0 radical (unpaired) electrons. The van der Waals surface area contributed by atoms with Crippen LogP contribution in [0.5, 0.6) is 0 Å². The second kappa shape index (κ2) is 5.04. The fourth-order valence-electron chi connectivity index (χ4n) is 2.13. The fourth-order valence-corrected chi connectivity index (χ4v) is 2.40. The first-order valence-corrected chi connectivity index (χ1v) is 6.56. The van der Waals surface area contributed by atoms with Gasteiger partial charge in [-0.1, -0.05) is 48.0 Å². The van der Waals surface area contributed by atoms with Crippen LogP contribution >= 0.6 is 11.6 Å². The van der Waals surface area contributed by atoms with E-state index in [1.807, 2.05) is 30.3 Å². The van der Waals surface area contributed by atoms with Gasteiger partial charge in [-0.25, -0.2) is 4.98 Å². The van der Waals surface area contributed by atoms with Crippen LogP contribution in [0.15, 0.2) is 54.6 Å². The van der Waals surface area contributed by atoms with E-state index in [2.05, 4.69) is 4.98 Å². The smallest absolute Gasteiger partial charge is 0.235 e. The summed E-state index contributed by atoms with van der Waals surface area (Å²) in [6, 6.07) is 14.1. The van der Waals surface area contributed by atoms with E-state index in [-0.39, 0.29) is 0 Å². The van der Waals surface area contributed by atoms with E-state index in [0.29, 0.717) is 16.4 Å². The molecule has 106 valence electrons. The number of halogens is 4. The van der Waals surface area contributed by atoms with Crippen LogP contribution in [0.25, 0.3) is 22.0 Å². The minimum absolute atomic E-state index is 0.336. The van der Waals surface area contributed by atoms with Crippen LogP contribution in [0, 0.1) is 0 Å². The van der Waals surface area contributed by atoms with Gasteiger partial charge in [0.25, 0.3) is 0 Å². The number of fused-ring (bicyclic) bond motifs is 1. The van der Waals surface area contributed by atoms with Crippen molar-refractivity contribution in [3.05, 3.63) is 65.3 Å². The van der Waals surface area contributed by atoms with Gasteiger partial charge in [0.2, 0.25) is 0 Å². The highest BCUT2D eigenvalue weighted by Crippen LogP contribution is 2.32. The summed E-state index contributed by atoms with van der Waals surface area (Å²) in [7, 11) is 0. The Kier molecular flexibility index (Phi) is 3.33. The molecular weight excluding hydrogens is 299 g/mol. The van der Waals surface area contributed by atoms with E-state index in [1.54, 1.807) is 0 Å². The second-order valence-electron chi connectivity index (χ2n) is 4.59. The van der Waals surface area contributed by atoms with E-state index in [1.165, 1.54) is 12.1 Å². The van der Waals surface area contributed by atoms with Crippen molar-refractivity contribution in [2.45, 2.75) is 6.18 Å². The van der Waals surface area contributed by atoms with Crippen LogP contribution in [0.1, 0.15) is 5.56 Å². The number of nitrogens with zero attached hydrogens (tertiary/aromatic N) is 1. The summed E-state index contributed by atoms with van der Waals surface area (Å²) in [4.78, 5) is 4.25. The molecule has 0 N–H and O–H groups in total. The molecule has 0 saturated heterocycles. The number of alkyl halides is 3. The van der Waals surface area contributed by atoms with Crippen LogP contribution in [0.3, 0.4) is 0 Å². The number of benzene rings is 2. The zero-order chi connectivity index (χ0) is 15.0. The highest BCUT2D eigenvalue weighted by molar-refractivity contribution is 6.34. The number of hydrogen-bond donors (Lipinski definition) is 0. The number of aromatic nitrogens is 1. The zero-order valence-electron chi connectivity index (χ0n) is 10.7. The van der Waals surface area contributed by atoms with Gasteiger partial charge >= 0.3 is 6.18 Å². The van der Waals surface area contributed by atoms with Gasteiger partial charge in [-0.15, -0.1) is 0 Å². The van der Waals surface area contributed by atoms with E-state index in [9.17, 15) is 13.2 Å². The maximum atomic E-state index is 12.6. The molecule has 0 spiro atoms. The summed E-state index contributed by atoms with van der Waals surface area (Å²) < 4.78 is 37.7. The van der Waals surface area contributed by atoms with Crippen LogP contribution < -0.4 is 0 Å². The van der Waals surface area contributed by atoms with Crippen molar-refractivity contribution in [2.75, 3.05) is 0 Å². The second-order valence-corrected chi connectivity index (χ2v) is 4.95. The predicted molar refractivity (Wildman–Crippen MR) is 77.2 cm³/mol. The molecule has 0 aliphatic carbocycles. The van der Waals surface area contributed by atoms with Gasteiger partial charge in [0.05, 0.1) is 11.3 Å². The lowest BCUT2D eigenvalue weighted by Gasteiger charge is -2.08. The van der Waals surface area contributed by atoms with Gasteiger partial charge in [0.15, 0.2) is 0 Å². The van der Waals surface area contributed by atoms with Crippen molar-refractivity contribution in [2.24, 2.45) is 0 Å². The molecule has 3 rings (SSSR count). The van der Waals surface area contributed by atoms with Gasteiger partial charge in [0, 0.05) is 10.9 Å². The Labute approximate surface area is 124 Å². The van der Waals surface area contributed by atoms with Crippen LogP contribution in [-0.4, -0.2) is 4.98 Å². The third kappa shape index (κ3) is 2.72. The minimum atomic E-state index is -4.34. The van der Waals surface area contributed by atoms with E-state index < -0.39 is 11.7 Å². The van der Waals surface area contributed by atoms with Crippen LogP contribution in [0.4, 0.5) is 13.2 Å². The molecular formula is C16H9ClF3N. The molecule has 0 bridgehead atoms. The van der Waals surface area contributed by atoms with Crippen molar-refractivity contribution in [3.63, 3.8) is 0 Å². The molecule has 0 saturated carbocycles. The van der Waals surface area contributed by atoms with Crippen molar-refractivity contribution >= 4 is 22.4 Å². The van der Waals surface area contributed by atoms with E-state index in [0.717, 1.165) is 22.9 Å². The molecule has 0 unspecified atom stereocenters. The van der Waals surface area contributed by atoms with Crippen LogP contribution in [-0.2, 0) is 6.18 Å². The Morgan fingerprint density at radius 1 is 0.905 bits per heavy atom. The largest absolute Gasteiger partial charge is 0.416 e. The topological polar surface area (TPSA) is 12.9 Å². The molecule has 21 heavy (non-hydrogen) atoms. The Bertz CT molecular complexity index is 795. The zero-order valence-corrected chi connectivity index (χ0v) is 11.4. The molecule has 0 aliphatic rings. The normalized spacial score (nSPS) is 11.8. The van der Waals surface area contributed by atoms with Crippen molar-refractivity contribution in [1.82, 2.24) is 4.98 Å². The summed E-state index contributed by atoms with van der Waals surface area (Å²) in [6.45, 7) is 0.